The molecule has 6 rings (SSSR count). The van der Waals surface area contributed by atoms with Crippen molar-refractivity contribution >= 4 is 17.6 Å². The minimum absolute atomic E-state index is 0.198. The molecule has 0 bridgehead atoms. The molecule has 0 amide bonds. The highest BCUT2D eigenvalue weighted by molar-refractivity contribution is 6.31. The van der Waals surface area contributed by atoms with E-state index in [-0.39, 0.29) is 12.0 Å². The quantitative estimate of drug-likeness (QED) is 0.279. The van der Waals surface area contributed by atoms with Crippen LogP contribution in [-0.2, 0) is 16.0 Å². The summed E-state index contributed by atoms with van der Waals surface area (Å²) in [4.78, 5) is 12.1. The summed E-state index contributed by atoms with van der Waals surface area (Å²) in [6.45, 7) is 0.0908. The number of hydrogen-bond acceptors (Lipinski definition) is 8. The number of aliphatic carboxylic acids is 1. The van der Waals surface area contributed by atoms with Crippen LogP contribution in [0, 0.1) is 11.8 Å². The van der Waals surface area contributed by atoms with E-state index in [2.05, 4.69) is 5.32 Å². The summed E-state index contributed by atoms with van der Waals surface area (Å²) in [5.74, 6) is 1.20. The van der Waals surface area contributed by atoms with Crippen molar-refractivity contribution in [2.24, 2.45) is 11.8 Å². The number of aliphatic hydroxyl groups is 4. The first-order valence-corrected chi connectivity index (χ1v) is 14.5. The molecule has 0 radical (unpaired) electrons. The van der Waals surface area contributed by atoms with Crippen LogP contribution in [0.2, 0.25) is 5.02 Å². The molecule has 0 aromatic heterocycles. The molecule has 2 aliphatic heterocycles. The monoisotopic (exact) mass is 573 g/mol. The fourth-order valence-corrected chi connectivity index (χ4v) is 7.07. The number of ether oxygens (including phenoxy) is 2. The zero-order valence-electron chi connectivity index (χ0n) is 22.0. The molecule has 2 saturated carbocycles. The van der Waals surface area contributed by atoms with Gasteiger partial charge in [-0.2, -0.15) is 0 Å². The number of hydrogen-bond donors (Lipinski definition) is 6. The molecule has 6 N–H and O–H groups in total. The Kier molecular flexibility index (Phi) is 7.82. The molecule has 2 heterocycles. The number of halogens is 1. The summed E-state index contributed by atoms with van der Waals surface area (Å²) in [5.41, 5.74) is 3.12. The van der Waals surface area contributed by atoms with Crippen molar-refractivity contribution in [1.82, 2.24) is 5.32 Å². The van der Waals surface area contributed by atoms with Crippen molar-refractivity contribution in [3.05, 3.63) is 63.7 Å². The van der Waals surface area contributed by atoms with Gasteiger partial charge in [0.1, 0.15) is 42.3 Å². The van der Waals surface area contributed by atoms with Gasteiger partial charge in [0.15, 0.2) is 0 Å². The molecule has 10 atom stereocenters. The Morgan fingerprint density at radius 3 is 2.50 bits per heavy atom. The number of aliphatic hydroxyl groups excluding tert-OH is 4. The van der Waals surface area contributed by atoms with Gasteiger partial charge in [-0.05, 0) is 90.9 Å². The lowest BCUT2D eigenvalue weighted by Crippen LogP contribution is -2.55. The average molecular weight is 574 g/mol. The first-order chi connectivity index (χ1) is 19.2. The van der Waals surface area contributed by atoms with E-state index < -0.39 is 49.1 Å². The fraction of sp³-hybridized carbons (Fsp3) is 0.567. The molecule has 0 spiro atoms. The van der Waals surface area contributed by atoms with Gasteiger partial charge < -0.3 is 40.3 Å². The summed E-state index contributed by atoms with van der Waals surface area (Å²) < 4.78 is 12.1. The third-order valence-electron chi connectivity index (χ3n) is 9.18. The second-order valence-corrected chi connectivity index (χ2v) is 12.2. The number of nitrogens with one attached hydrogen (secondary N) is 1. The Morgan fingerprint density at radius 1 is 1.00 bits per heavy atom. The number of benzene rings is 2. The Hall–Kier alpha value is -2.24. The minimum atomic E-state index is -1.48. The molecule has 4 aliphatic rings. The summed E-state index contributed by atoms with van der Waals surface area (Å²) in [6.07, 6.45) is -1.59. The van der Waals surface area contributed by atoms with Gasteiger partial charge in [-0.15, -0.1) is 0 Å². The molecule has 2 aromatic carbocycles. The summed E-state index contributed by atoms with van der Waals surface area (Å²) in [5, 5.41) is 54.1. The van der Waals surface area contributed by atoms with Crippen LogP contribution in [0.3, 0.4) is 0 Å². The SMILES string of the molecule is O=C(O)[C@H]1NCCC1c1cc(OC2C[C@@H]3C[C@@H]3C2)ccc1Cc1cc([C@@H]2O[C@H](CO)[C@@H](O)[C@H](O)[C@H]2O)ccc1Cl. The number of carboxylic acids is 1. The van der Waals surface area contributed by atoms with Crippen molar-refractivity contribution in [3.63, 3.8) is 0 Å². The van der Waals surface area contributed by atoms with Gasteiger partial charge in [-0.3, -0.25) is 4.79 Å². The van der Waals surface area contributed by atoms with E-state index in [1.54, 1.807) is 18.2 Å². The van der Waals surface area contributed by atoms with Crippen molar-refractivity contribution in [2.45, 2.75) is 80.7 Å². The summed E-state index contributed by atoms with van der Waals surface area (Å²) in [6, 6.07) is 10.4. The number of carbonyl (C=O) groups is 1. The summed E-state index contributed by atoms with van der Waals surface area (Å²) >= 11 is 6.62. The third-order valence-corrected chi connectivity index (χ3v) is 9.55. The number of rotatable bonds is 8. The molecule has 216 valence electrons. The fourth-order valence-electron chi connectivity index (χ4n) is 6.89. The smallest absolute Gasteiger partial charge is 0.321 e. The van der Waals surface area contributed by atoms with E-state index >= 15 is 0 Å². The van der Waals surface area contributed by atoms with Gasteiger partial charge in [-0.1, -0.05) is 29.8 Å². The maximum atomic E-state index is 12.1. The molecule has 2 aromatic rings. The standard InChI is InChI=1S/C30H36ClNO8/c31-23-4-2-15(29-28(36)27(35)26(34)24(13-33)40-29)8-18(23)7-14-1-3-19(39-20-10-16-9-17(16)11-20)12-22(14)21-5-6-32-25(21)30(37)38/h1-4,8,12,16-17,20-21,24-29,32-36H,5-7,9-11,13H2,(H,37,38)/t16-,17+,20?,21?,24-,25+,26-,27+,28-,29+/m1/s1. The van der Waals surface area contributed by atoms with E-state index in [4.69, 9.17) is 21.1 Å². The predicted octanol–water partition coefficient (Wildman–Crippen LogP) is 2.15. The zero-order chi connectivity index (χ0) is 28.1. The van der Waals surface area contributed by atoms with Crippen LogP contribution >= 0.6 is 11.6 Å². The molecule has 4 fully saturated rings. The van der Waals surface area contributed by atoms with Crippen molar-refractivity contribution < 1.29 is 39.8 Å². The van der Waals surface area contributed by atoms with Gasteiger partial charge in [0.2, 0.25) is 0 Å². The largest absolute Gasteiger partial charge is 0.490 e. The molecule has 2 unspecified atom stereocenters. The lowest BCUT2D eigenvalue weighted by Gasteiger charge is -2.40. The van der Waals surface area contributed by atoms with E-state index in [0.717, 1.165) is 47.1 Å². The van der Waals surface area contributed by atoms with E-state index in [9.17, 15) is 30.3 Å². The molecular weight excluding hydrogens is 538 g/mol. The lowest BCUT2D eigenvalue weighted by atomic mass is 9.85. The second-order valence-electron chi connectivity index (χ2n) is 11.8. The third kappa shape index (κ3) is 5.36. The van der Waals surface area contributed by atoms with Crippen LogP contribution in [0.5, 0.6) is 5.75 Å². The minimum Gasteiger partial charge on any atom is -0.490 e. The highest BCUT2D eigenvalue weighted by Gasteiger charge is 2.47. The Balaban J connectivity index is 1.30. The second kappa shape index (κ2) is 11.2. The molecule has 2 saturated heterocycles. The first-order valence-electron chi connectivity index (χ1n) is 14.1. The highest BCUT2D eigenvalue weighted by Crippen LogP contribution is 2.52. The van der Waals surface area contributed by atoms with Crippen molar-refractivity contribution in [3.8, 4) is 5.75 Å². The van der Waals surface area contributed by atoms with Gasteiger partial charge in [0.25, 0.3) is 0 Å². The van der Waals surface area contributed by atoms with E-state index in [1.807, 2.05) is 18.2 Å². The van der Waals surface area contributed by atoms with Crippen molar-refractivity contribution in [1.29, 1.82) is 0 Å². The van der Waals surface area contributed by atoms with Crippen LogP contribution in [0.15, 0.2) is 36.4 Å². The summed E-state index contributed by atoms with van der Waals surface area (Å²) in [7, 11) is 0. The molecule has 10 heteroatoms. The first kappa shape index (κ1) is 27.9. The average Bonchev–Trinajstić information content (AvgIpc) is 3.31. The van der Waals surface area contributed by atoms with Crippen LogP contribution < -0.4 is 10.1 Å². The Morgan fingerprint density at radius 2 is 1.77 bits per heavy atom. The molecule has 9 nitrogen and oxygen atoms in total. The van der Waals surface area contributed by atoms with Gasteiger partial charge >= 0.3 is 5.97 Å². The Bertz CT molecular complexity index is 1250. The number of fused-ring (bicyclic) bond motifs is 1. The maximum absolute atomic E-state index is 12.1. The highest BCUT2D eigenvalue weighted by atomic mass is 35.5. The van der Waals surface area contributed by atoms with E-state index in [0.29, 0.717) is 30.0 Å². The van der Waals surface area contributed by atoms with Crippen LogP contribution in [0.4, 0.5) is 0 Å². The van der Waals surface area contributed by atoms with Crippen LogP contribution in [0.1, 0.15) is 60.0 Å². The van der Waals surface area contributed by atoms with Gasteiger partial charge in [0.05, 0.1) is 12.7 Å². The topological polar surface area (TPSA) is 149 Å². The molecule has 2 aliphatic carbocycles. The predicted molar refractivity (Wildman–Crippen MR) is 145 cm³/mol. The zero-order valence-corrected chi connectivity index (χ0v) is 22.8. The Labute approximate surface area is 237 Å². The lowest BCUT2D eigenvalue weighted by molar-refractivity contribution is -0.231. The van der Waals surface area contributed by atoms with Crippen LogP contribution in [-0.4, -0.2) is 81.2 Å². The van der Waals surface area contributed by atoms with Crippen molar-refractivity contribution in [2.75, 3.05) is 13.2 Å². The molecule has 40 heavy (non-hydrogen) atoms. The van der Waals surface area contributed by atoms with Gasteiger partial charge in [0, 0.05) is 10.9 Å². The van der Waals surface area contributed by atoms with E-state index in [1.165, 1.54) is 6.42 Å². The molecular formula is C30H36ClNO8. The van der Waals surface area contributed by atoms with Gasteiger partial charge in [-0.25, -0.2) is 0 Å². The normalized spacial score (nSPS) is 36.8. The number of carboxylic acid groups (broad SMARTS) is 1. The van der Waals surface area contributed by atoms with Crippen LogP contribution in [0.25, 0.3) is 0 Å². The maximum Gasteiger partial charge on any atom is 0.321 e.